The first-order valence-corrected chi connectivity index (χ1v) is 37.4. The van der Waals surface area contributed by atoms with E-state index in [0.29, 0.717) is 12.8 Å². The molecule has 0 aliphatic heterocycles. The van der Waals surface area contributed by atoms with Gasteiger partial charge in [0.2, 0.25) is 0 Å². The van der Waals surface area contributed by atoms with Gasteiger partial charge in [0.05, 0.1) is 0 Å². The molecule has 6 heteroatoms. The van der Waals surface area contributed by atoms with E-state index in [-0.39, 0.29) is 0 Å². The molecule has 0 amide bonds. The number of hydrogen-bond acceptors (Lipinski definition) is 4. The fraction of sp³-hybridized carbons (Fsp3) is 0.905. The van der Waals surface area contributed by atoms with Crippen LogP contribution in [0.2, 0.25) is 35.5 Å². The van der Waals surface area contributed by atoms with Crippen LogP contribution in [0.25, 0.3) is 0 Å². The van der Waals surface area contributed by atoms with Gasteiger partial charge in [0.25, 0.3) is 0 Å². The molecule has 0 saturated carbocycles. The summed E-state index contributed by atoms with van der Waals surface area (Å²) >= 11 is -4.17. The molecule has 0 aliphatic rings. The standard InChI is InChI=1S/C18H32O4.6C4H9.2Sn/c1-3-13-21-15-9-5-7-11-17(19)18(20)12-8-6-10-16-22-14-4-2;6*1-3-4-2;;/h3-4,13-14,17-20H,1-2,5-12,15-16H2;6*1,3-4H2,2H3;;/b13-3-,14-4-;;;;;;;;/t17-,18+;;;;;;;;. The van der Waals surface area contributed by atoms with E-state index < -0.39 is 49.0 Å². The molecule has 0 fully saturated rings. The average molecular weight is 893 g/mol. The van der Waals surface area contributed by atoms with Gasteiger partial charge in [0, 0.05) is 0 Å². The molecule has 0 aromatic carbocycles. The normalized spacial score (nSPS) is 13.9. The molecule has 286 valence electrons. The van der Waals surface area contributed by atoms with Crippen LogP contribution in [-0.4, -0.2) is 72.4 Å². The Morgan fingerprint density at radius 3 is 0.979 bits per heavy atom. The second kappa shape index (κ2) is 34.7. The van der Waals surface area contributed by atoms with Gasteiger partial charge < -0.3 is 0 Å². The third-order valence-corrected chi connectivity index (χ3v) is 41.3. The van der Waals surface area contributed by atoms with E-state index in [2.05, 4.69) is 53.7 Å². The molecule has 0 aromatic rings. The van der Waals surface area contributed by atoms with E-state index in [1.807, 2.05) is 12.5 Å². The van der Waals surface area contributed by atoms with Gasteiger partial charge in [-0.25, -0.2) is 0 Å². The summed E-state index contributed by atoms with van der Waals surface area (Å²) in [5.41, 5.74) is 0. The Hall–Kier alpha value is 0.597. The monoisotopic (exact) mass is 894 g/mol. The molecule has 0 saturated heterocycles. The van der Waals surface area contributed by atoms with Crippen molar-refractivity contribution in [2.24, 2.45) is 0 Å². The molecule has 2 atom stereocenters. The van der Waals surface area contributed by atoms with Gasteiger partial charge in [-0.3, -0.25) is 0 Å². The van der Waals surface area contributed by atoms with E-state index in [1.54, 1.807) is 26.6 Å². The van der Waals surface area contributed by atoms with Crippen molar-refractivity contribution in [2.45, 2.75) is 218 Å². The summed E-state index contributed by atoms with van der Waals surface area (Å²) in [7, 11) is 0. The van der Waals surface area contributed by atoms with Crippen molar-refractivity contribution < 1.29 is 19.7 Å². The Balaban J connectivity index is 4.16. The van der Waals surface area contributed by atoms with Gasteiger partial charge >= 0.3 is 312 Å². The van der Waals surface area contributed by atoms with E-state index in [1.165, 1.54) is 85.9 Å². The molecule has 2 N–H and O–H groups in total. The molecular formula is C42H86O4Sn2. The maximum absolute atomic E-state index is 10.5. The summed E-state index contributed by atoms with van der Waals surface area (Å²) < 4.78 is 23.8. The van der Waals surface area contributed by atoms with Crippen molar-refractivity contribution in [1.82, 2.24) is 0 Å². The number of allylic oxidation sites excluding steroid dienone is 2. The topological polar surface area (TPSA) is 58.9 Å². The van der Waals surface area contributed by atoms with Crippen molar-refractivity contribution >= 4 is 36.8 Å². The summed E-state index contributed by atoms with van der Waals surface area (Å²) in [5.74, 6) is 0. The van der Waals surface area contributed by atoms with Crippen molar-refractivity contribution in [3.63, 3.8) is 0 Å². The Kier molecular flexibility index (Phi) is 35.1. The molecule has 0 spiro atoms. The molecule has 0 radical (unpaired) electrons. The van der Waals surface area contributed by atoms with Crippen LogP contribution in [0, 0.1) is 0 Å². The summed E-state index contributed by atoms with van der Waals surface area (Å²) in [6.45, 7) is 15.6. The Morgan fingerprint density at radius 1 is 0.417 bits per heavy atom. The fourth-order valence-electron chi connectivity index (χ4n) is 7.36. The summed E-state index contributed by atoms with van der Waals surface area (Å²) in [5, 5.41) is 20.9. The Labute approximate surface area is 309 Å². The van der Waals surface area contributed by atoms with Crippen molar-refractivity contribution in [3.05, 3.63) is 24.7 Å². The quantitative estimate of drug-likeness (QED) is 0.0371. The zero-order chi connectivity index (χ0) is 35.6. The number of unbranched alkanes of at least 4 members (excludes halogenated alkanes) is 10. The minimum absolute atomic E-state index is 0.611. The van der Waals surface area contributed by atoms with Crippen LogP contribution in [0.5, 0.6) is 0 Å². The van der Waals surface area contributed by atoms with E-state index in [4.69, 9.17) is 9.47 Å². The minimum atomic E-state index is -2.09. The zero-order valence-electron chi connectivity index (χ0n) is 33.4. The predicted molar refractivity (Wildman–Crippen MR) is 219 cm³/mol. The molecule has 0 aliphatic carbocycles. The molecule has 0 bridgehead atoms. The first-order valence-electron chi connectivity index (χ1n) is 21.3. The van der Waals surface area contributed by atoms with Crippen LogP contribution in [0.4, 0.5) is 0 Å². The second-order valence-electron chi connectivity index (χ2n) is 15.3. The van der Waals surface area contributed by atoms with Gasteiger partial charge in [-0.1, -0.05) is 0 Å². The van der Waals surface area contributed by atoms with Crippen molar-refractivity contribution in [3.8, 4) is 0 Å². The van der Waals surface area contributed by atoms with Gasteiger partial charge in [0.1, 0.15) is 0 Å². The van der Waals surface area contributed by atoms with Crippen LogP contribution < -0.4 is 0 Å². The fourth-order valence-corrected chi connectivity index (χ4v) is 37.4. The average Bonchev–Trinajstić information content (AvgIpc) is 3.10. The van der Waals surface area contributed by atoms with Crippen molar-refractivity contribution in [1.29, 1.82) is 0 Å². The van der Waals surface area contributed by atoms with E-state index in [0.717, 1.165) is 51.7 Å². The van der Waals surface area contributed by atoms with Crippen LogP contribution in [0.1, 0.15) is 170 Å². The molecular weight excluding hydrogens is 806 g/mol. The number of aliphatic hydroxyl groups excluding tert-OH is 2. The number of rotatable bonds is 37. The first-order chi connectivity index (χ1) is 23.4. The van der Waals surface area contributed by atoms with Crippen LogP contribution in [-0.2, 0) is 9.47 Å². The van der Waals surface area contributed by atoms with Gasteiger partial charge in [-0.15, -0.1) is 0 Å². The summed E-state index contributed by atoms with van der Waals surface area (Å²) in [6.07, 6.45) is 31.4. The SMILES string of the molecule is CCC[CH2][Sn]([CH2]/C=C\OCCCCC[C@@H](O)[C@@H](O)CCCCCO/C=C\[CH2][Sn]([CH2]CCC)([CH2]CCC)[CH2]CCC)([CH2]CCC)[CH2]CCC. The molecule has 0 aromatic heterocycles. The maximum atomic E-state index is 10.5. The second-order valence-corrected chi connectivity index (χ2v) is 43.4. The van der Waals surface area contributed by atoms with Gasteiger partial charge in [-0.2, -0.15) is 0 Å². The molecule has 0 rings (SSSR count). The third-order valence-electron chi connectivity index (χ3n) is 10.8. The van der Waals surface area contributed by atoms with E-state index >= 15 is 0 Å². The number of ether oxygens (including phenoxy) is 2. The Morgan fingerprint density at radius 2 is 0.708 bits per heavy atom. The molecule has 48 heavy (non-hydrogen) atoms. The first kappa shape index (κ1) is 48.6. The summed E-state index contributed by atoms with van der Waals surface area (Å²) in [4.78, 5) is 0. The van der Waals surface area contributed by atoms with E-state index in [9.17, 15) is 10.2 Å². The number of aliphatic hydroxyl groups is 2. The third kappa shape index (κ3) is 26.4. The molecule has 0 heterocycles. The van der Waals surface area contributed by atoms with Crippen LogP contribution >= 0.6 is 0 Å². The Bertz CT molecular complexity index is 625. The van der Waals surface area contributed by atoms with Crippen LogP contribution in [0.3, 0.4) is 0 Å². The zero-order valence-corrected chi connectivity index (χ0v) is 39.1. The number of hydrogen-bond donors (Lipinski definition) is 2. The molecule has 4 nitrogen and oxygen atoms in total. The van der Waals surface area contributed by atoms with Gasteiger partial charge in [-0.05, 0) is 0 Å². The summed E-state index contributed by atoms with van der Waals surface area (Å²) in [6, 6.07) is 0. The predicted octanol–water partition coefficient (Wildman–Crippen LogP) is 13.6. The molecule has 0 unspecified atom stereocenters. The van der Waals surface area contributed by atoms with Crippen LogP contribution in [0.15, 0.2) is 24.7 Å². The van der Waals surface area contributed by atoms with Crippen molar-refractivity contribution in [2.75, 3.05) is 13.2 Å². The van der Waals surface area contributed by atoms with Gasteiger partial charge in [0.15, 0.2) is 0 Å².